The zero-order chi connectivity index (χ0) is 10.7. The highest BCUT2D eigenvalue weighted by molar-refractivity contribution is 9.10. The summed E-state index contributed by atoms with van der Waals surface area (Å²) in [4.78, 5) is 22.3. The van der Waals surface area contributed by atoms with Crippen molar-refractivity contribution >= 4 is 27.9 Å². The summed E-state index contributed by atoms with van der Waals surface area (Å²) < 4.78 is 13.5. The maximum atomic E-state index is 11.2. The van der Waals surface area contributed by atoms with Crippen LogP contribution in [0.15, 0.2) is 9.13 Å². The second-order valence-corrected chi connectivity index (χ2v) is 2.91. The van der Waals surface area contributed by atoms with Crippen molar-refractivity contribution < 1.29 is 23.6 Å². The van der Waals surface area contributed by atoms with Gasteiger partial charge in [-0.2, -0.15) is 0 Å². The van der Waals surface area contributed by atoms with Crippen molar-refractivity contribution in [2.75, 3.05) is 14.2 Å². The van der Waals surface area contributed by atoms with Crippen LogP contribution in [-0.4, -0.2) is 31.3 Å². The van der Waals surface area contributed by atoms with Crippen LogP contribution in [0.3, 0.4) is 0 Å². The maximum absolute atomic E-state index is 11.2. The molecule has 0 aromatic carbocycles. The molecule has 0 fully saturated rings. The zero-order valence-electron chi connectivity index (χ0n) is 7.37. The molecule has 0 saturated heterocycles. The molecule has 0 amide bonds. The molecule has 1 aromatic rings. The maximum Gasteiger partial charge on any atom is 0.377 e. The molecule has 14 heavy (non-hydrogen) atoms. The summed E-state index contributed by atoms with van der Waals surface area (Å²) >= 11 is 2.94. The summed E-state index contributed by atoms with van der Waals surface area (Å²) in [7, 11) is 2.35. The van der Waals surface area contributed by atoms with Crippen LogP contribution in [-0.2, 0) is 9.47 Å². The van der Waals surface area contributed by atoms with E-state index in [1.165, 1.54) is 14.2 Å². The fraction of sp³-hybridized carbons (Fsp3) is 0.286. The molecular formula is C7H6BrNO5. The van der Waals surface area contributed by atoms with Gasteiger partial charge in [0.25, 0.3) is 5.76 Å². The Morgan fingerprint density at radius 2 is 1.86 bits per heavy atom. The van der Waals surface area contributed by atoms with Crippen LogP contribution >= 0.6 is 15.9 Å². The van der Waals surface area contributed by atoms with E-state index in [0.29, 0.717) is 0 Å². The van der Waals surface area contributed by atoms with Gasteiger partial charge in [0.2, 0.25) is 0 Å². The molecule has 0 aliphatic heterocycles. The van der Waals surface area contributed by atoms with Gasteiger partial charge in [0.05, 0.1) is 14.2 Å². The number of carbonyl (C=O) groups is 2. The minimum atomic E-state index is -0.788. The van der Waals surface area contributed by atoms with E-state index in [2.05, 4.69) is 35.1 Å². The van der Waals surface area contributed by atoms with Gasteiger partial charge in [0.1, 0.15) is 5.56 Å². The molecule has 1 heterocycles. The van der Waals surface area contributed by atoms with Gasteiger partial charge in [-0.1, -0.05) is 5.16 Å². The average molecular weight is 264 g/mol. The van der Waals surface area contributed by atoms with Gasteiger partial charge in [0.15, 0.2) is 4.60 Å². The smallest absolute Gasteiger partial charge is 0.377 e. The van der Waals surface area contributed by atoms with Gasteiger partial charge >= 0.3 is 11.9 Å². The number of hydrogen-bond acceptors (Lipinski definition) is 6. The Morgan fingerprint density at radius 3 is 2.36 bits per heavy atom. The van der Waals surface area contributed by atoms with E-state index in [4.69, 9.17) is 0 Å². The quantitative estimate of drug-likeness (QED) is 0.741. The van der Waals surface area contributed by atoms with E-state index in [1.807, 2.05) is 0 Å². The summed E-state index contributed by atoms with van der Waals surface area (Å²) in [6, 6.07) is 0. The van der Waals surface area contributed by atoms with Crippen molar-refractivity contribution in [3.63, 3.8) is 0 Å². The van der Waals surface area contributed by atoms with Gasteiger partial charge in [0, 0.05) is 0 Å². The molecule has 1 rings (SSSR count). The molecule has 1 aromatic heterocycles. The third kappa shape index (κ3) is 1.77. The van der Waals surface area contributed by atoms with Gasteiger partial charge in [-0.15, -0.1) is 0 Å². The van der Waals surface area contributed by atoms with E-state index < -0.39 is 11.9 Å². The third-order valence-corrected chi connectivity index (χ3v) is 1.95. The van der Waals surface area contributed by atoms with E-state index in [-0.39, 0.29) is 15.9 Å². The molecule has 0 saturated carbocycles. The summed E-state index contributed by atoms with van der Waals surface area (Å²) in [5, 5.41) is 3.39. The van der Waals surface area contributed by atoms with Crippen LogP contribution in [0.1, 0.15) is 20.9 Å². The Hall–Kier alpha value is -1.37. The Bertz CT molecular complexity index is 372. The summed E-state index contributed by atoms with van der Waals surface area (Å²) in [5.74, 6) is -1.80. The lowest BCUT2D eigenvalue weighted by Crippen LogP contribution is -2.09. The number of hydrogen-bond donors (Lipinski definition) is 0. The monoisotopic (exact) mass is 263 g/mol. The predicted octanol–water partition coefficient (Wildman–Crippen LogP) is 1.01. The standard InChI is InChI=1S/C7H6BrNO5/c1-12-6(10)3-4(7(11)13-2)14-9-5(3)8/h1-2H3. The highest BCUT2D eigenvalue weighted by Crippen LogP contribution is 2.21. The average Bonchev–Trinajstić information content (AvgIpc) is 2.58. The Labute approximate surface area is 87.3 Å². The number of carbonyl (C=O) groups excluding carboxylic acids is 2. The van der Waals surface area contributed by atoms with Gasteiger partial charge < -0.3 is 14.0 Å². The molecule has 0 N–H and O–H groups in total. The van der Waals surface area contributed by atoms with Crippen LogP contribution in [0.25, 0.3) is 0 Å². The van der Waals surface area contributed by atoms with Crippen molar-refractivity contribution in [1.29, 1.82) is 0 Å². The molecule has 7 heteroatoms. The number of esters is 2. The van der Waals surface area contributed by atoms with Crippen LogP contribution in [0.4, 0.5) is 0 Å². The van der Waals surface area contributed by atoms with E-state index in [9.17, 15) is 9.59 Å². The number of aromatic nitrogens is 1. The first-order valence-corrected chi connectivity index (χ1v) is 4.23. The fourth-order valence-corrected chi connectivity index (χ4v) is 1.20. The van der Waals surface area contributed by atoms with E-state index >= 15 is 0 Å². The Kier molecular flexibility index (Phi) is 3.23. The number of methoxy groups -OCH3 is 2. The minimum absolute atomic E-state index is 0.0839. The molecule has 76 valence electrons. The van der Waals surface area contributed by atoms with Crippen molar-refractivity contribution in [1.82, 2.24) is 5.16 Å². The third-order valence-electron chi connectivity index (χ3n) is 1.41. The molecule has 0 atom stereocenters. The van der Waals surface area contributed by atoms with Gasteiger partial charge in [-0.3, -0.25) is 0 Å². The lowest BCUT2D eigenvalue weighted by atomic mass is 10.2. The number of halogens is 1. The zero-order valence-corrected chi connectivity index (χ0v) is 8.95. The number of rotatable bonds is 2. The second-order valence-electron chi connectivity index (χ2n) is 2.16. The Balaban J connectivity index is 3.19. The highest BCUT2D eigenvalue weighted by Gasteiger charge is 2.27. The van der Waals surface area contributed by atoms with Crippen LogP contribution in [0.5, 0.6) is 0 Å². The first-order chi connectivity index (χ1) is 6.61. The molecule has 6 nitrogen and oxygen atoms in total. The summed E-state index contributed by atoms with van der Waals surface area (Å²) in [6.45, 7) is 0. The largest absolute Gasteiger partial charge is 0.465 e. The topological polar surface area (TPSA) is 78.6 Å². The predicted molar refractivity (Wildman–Crippen MR) is 46.9 cm³/mol. The lowest BCUT2D eigenvalue weighted by Gasteiger charge is -1.97. The number of ether oxygens (including phenoxy) is 2. The fourth-order valence-electron chi connectivity index (χ4n) is 0.782. The highest BCUT2D eigenvalue weighted by atomic mass is 79.9. The van der Waals surface area contributed by atoms with Crippen molar-refractivity contribution in [3.05, 3.63) is 15.9 Å². The van der Waals surface area contributed by atoms with Crippen LogP contribution in [0, 0.1) is 0 Å². The van der Waals surface area contributed by atoms with E-state index in [0.717, 1.165) is 0 Å². The minimum Gasteiger partial charge on any atom is -0.465 e. The summed E-state index contributed by atoms with van der Waals surface area (Å²) in [6.07, 6.45) is 0. The molecule has 0 spiro atoms. The van der Waals surface area contributed by atoms with E-state index in [1.54, 1.807) is 0 Å². The van der Waals surface area contributed by atoms with Crippen molar-refractivity contribution in [2.24, 2.45) is 0 Å². The van der Waals surface area contributed by atoms with Crippen molar-refractivity contribution in [2.45, 2.75) is 0 Å². The second kappa shape index (κ2) is 4.23. The van der Waals surface area contributed by atoms with Crippen LogP contribution < -0.4 is 0 Å². The van der Waals surface area contributed by atoms with Crippen LogP contribution in [0.2, 0.25) is 0 Å². The van der Waals surface area contributed by atoms with Gasteiger partial charge in [-0.25, -0.2) is 9.59 Å². The first-order valence-electron chi connectivity index (χ1n) is 3.43. The lowest BCUT2D eigenvalue weighted by molar-refractivity contribution is 0.0521. The molecule has 0 bridgehead atoms. The number of nitrogens with zero attached hydrogens (tertiary/aromatic N) is 1. The molecule has 0 radical (unpaired) electrons. The van der Waals surface area contributed by atoms with Gasteiger partial charge in [-0.05, 0) is 15.9 Å². The molecular weight excluding hydrogens is 258 g/mol. The van der Waals surface area contributed by atoms with Crippen molar-refractivity contribution in [3.8, 4) is 0 Å². The first kappa shape index (κ1) is 10.7. The SMILES string of the molecule is COC(=O)c1onc(Br)c1C(=O)OC. The summed E-state index contributed by atoms with van der Waals surface area (Å²) in [5.41, 5.74) is -0.0839. The normalized spacial score (nSPS) is 9.64. The molecule has 0 aliphatic rings. The molecule has 0 aliphatic carbocycles. The molecule has 0 unspecified atom stereocenters. The Morgan fingerprint density at radius 1 is 1.29 bits per heavy atom.